The number of rotatable bonds is 3. The Morgan fingerprint density at radius 2 is 1.32 bits per heavy atom. The molecular weight excluding hydrogens is 520 g/mol. The van der Waals surface area contributed by atoms with Gasteiger partial charge in [0.25, 0.3) is 11.8 Å². The molecule has 2 amide bonds. The quantitative estimate of drug-likeness (QED) is 0.314. The van der Waals surface area contributed by atoms with Crippen LogP contribution in [0.5, 0.6) is 0 Å². The van der Waals surface area contributed by atoms with Crippen molar-refractivity contribution in [3.05, 3.63) is 96.0 Å². The summed E-state index contributed by atoms with van der Waals surface area (Å²) in [5.41, 5.74) is 11.6. The lowest BCUT2D eigenvalue weighted by molar-refractivity contribution is -0.180. The maximum atomic E-state index is 12.8. The first-order chi connectivity index (χ1) is 19.9. The molecule has 0 unspecified atom stereocenters. The fraction of sp³-hybridized carbons (Fsp3) is 0.156. The van der Waals surface area contributed by atoms with Crippen molar-refractivity contribution in [2.24, 2.45) is 0 Å². The Labute approximate surface area is 235 Å². The zero-order valence-electron chi connectivity index (χ0n) is 22.3. The number of fused-ring (bicyclic) bond motifs is 4. The zero-order chi connectivity index (χ0) is 28.2. The van der Waals surface area contributed by atoms with Gasteiger partial charge in [0.2, 0.25) is 0 Å². The Hall–Kier alpha value is -5.31. The van der Waals surface area contributed by atoms with Gasteiger partial charge >= 0.3 is 6.16 Å². The zero-order valence-corrected chi connectivity index (χ0v) is 22.3. The van der Waals surface area contributed by atoms with E-state index >= 15 is 0 Å². The summed E-state index contributed by atoms with van der Waals surface area (Å²) in [7, 11) is 1.90. The molecule has 4 aromatic rings. The summed E-state index contributed by atoms with van der Waals surface area (Å²) in [6.07, 6.45) is 1.76. The number of benzene rings is 4. The van der Waals surface area contributed by atoms with Crippen molar-refractivity contribution in [1.29, 1.82) is 0 Å². The lowest BCUT2D eigenvalue weighted by Gasteiger charge is -2.28. The number of carbonyl (C=O) groups excluding carboxylic acids is 3. The number of carbonyl (C=O) groups is 3. The van der Waals surface area contributed by atoms with Gasteiger partial charge in [-0.25, -0.2) is 0 Å². The summed E-state index contributed by atoms with van der Waals surface area (Å²) >= 11 is 0. The van der Waals surface area contributed by atoms with Crippen LogP contribution < -0.4 is 10.6 Å². The molecule has 2 N–H and O–H groups in total. The Balaban J connectivity index is 1.51. The molecule has 2 fully saturated rings. The molecule has 0 aliphatic carbocycles. The highest BCUT2D eigenvalue weighted by Gasteiger charge is 2.39. The average Bonchev–Trinajstić information content (AvgIpc) is 3.52. The van der Waals surface area contributed by atoms with Crippen molar-refractivity contribution in [2.45, 2.75) is 25.7 Å². The second-order valence-electron chi connectivity index (χ2n) is 10.3. The molecule has 3 heterocycles. The first kappa shape index (κ1) is 24.7. The van der Waals surface area contributed by atoms with Gasteiger partial charge in [-0.05, 0) is 39.8 Å². The summed E-state index contributed by atoms with van der Waals surface area (Å²) in [6.45, 7) is 0. The van der Waals surface area contributed by atoms with Gasteiger partial charge in [0.1, 0.15) is 0 Å². The van der Waals surface area contributed by atoms with E-state index in [1.165, 1.54) is 0 Å². The van der Waals surface area contributed by atoms with E-state index in [4.69, 9.17) is 15.4 Å². The van der Waals surface area contributed by atoms with E-state index in [9.17, 15) is 14.4 Å². The minimum atomic E-state index is -1.14. The smallest absolute Gasteiger partial charge is 0.398 e. The van der Waals surface area contributed by atoms with Crippen molar-refractivity contribution in [3.63, 3.8) is 0 Å². The number of allylic oxidation sites excluding steroid dienone is 3. The molecule has 0 atom stereocenters. The second-order valence-corrected chi connectivity index (χ2v) is 10.3. The second kappa shape index (κ2) is 9.41. The van der Waals surface area contributed by atoms with Crippen LogP contribution in [0.2, 0.25) is 0 Å². The highest BCUT2D eigenvalue weighted by Crippen LogP contribution is 2.45. The molecule has 9 nitrogen and oxygen atoms in total. The fourth-order valence-corrected chi connectivity index (χ4v) is 5.95. The van der Waals surface area contributed by atoms with Crippen LogP contribution in [-0.2, 0) is 19.3 Å². The Kier molecular flexibility index (Phi) is 5.67. The first-order valence-electron chi connectivity index (χ1n) is 13.4. The molecule has 0 bridgehead atoms. The maximum Gasteiger partial charge on any atom is 0.559 e. The van der Waals surface area contributed by atoms with Gasteiger partial charge in [0.15, 0.2) is 0 Å². The summed E-state index contributed by atoms with van der Waals surface area (Å²) in [6, 6.07) is 24.2. The minimum absolute atomic E-state index is 0.173. The van der Waals surface area contributed by atoms with Crippen LogP contribution in [0.4, 0.5) is 16.2 Å². The van der Waals surface area contributed by atoms with Crippen LogP contribution in [0.15, 0.2) is 96.0 Å². The number of nitrogen functional groups attached to an aromatic ring is 1. The number of amides is 2. The van der Waals surface area contributed by atoms with E-state index in [2.05, 4.69) is 24.3 Å². The van der Waals surface area contributed by atoms with Gasteiger partial charge in [-0.2, -0.15) is 4.79 Å². The molecule has 0 saturated carbocycles. The van der Waals surface area contributed by atoms with Crippen LogP contribution in [0, 0.1) is 0 Å². The number of hydroxylamine groups is 4. The molecule has 0 radical (unpaired) electrons. The molecule has 0 aromatic heterocycles. The van der Waals surface area contributed by atoms with Crippen molar-refractivity contribution in [3.8, 4) is 11.1 Å². The minimum Gasteiger partial charge on any atom is -0.398 e. The third-order valence-corrected chi connectivity index (χ3v) is 7.90. The lowest BCUT2D eigenvalue weighted by atomic mass is 9.90. The molecule has 41 heavy (non-hydrogen) atoms. The highest BCUT2D eigenvalue weighted by atomic mass is 16.9. The summed E-state index contributed by atoms with van der Waals surface area (Å²) in [5, 5.41) is 6.08. The standard InChI is InChI=1S/C32H26N4O5/c1-34(27-18-21-12-16-28(37)35(21)40-32(39)41-36-25(27)15-17-29(36)38)26-14-11-20-7-3-5-9-23(20)31(26)30-22-8-4-2-6-19(22)10-13-24(30)33/h2-11,13-14,18H,12,15-17,33H2,1H3. The van der Waals surface area contributed by atoms with Gasteiger partial charge in [-0.15, -0.1) is 10.1 Å². The van der Waals surface area contributed by atoms with Crippen LogP contribution >= 0.6 is 0 Å². The van der Waals surface area contributed by atoms with E-state index in [0.717, 1.165) is 48.5 Å². The molecule has 2 saturated heterocycles. The molecule has 204 valence electrons. The van der Waals surface area contributed by atoms with Crippen LogP contribution in [0.25, 0.3) is 32.7 Å². The van der Waals surface area contributed by atoms with Crippen molar-refractivity contribution in [1.82, 2.24) is 10.1 Å². The van der Waals surface area contributed by atoms with Gasteiger partial charge in [0, 0.05) is 55.2 Å². The van der Waals surface area contributed by atoms with E-state index in [0.29, 0.717) is 35.6 Å². The van der Waals surface area contributed by atoms with Crippen LogP contribution in [0.3, 0.4) is 0 Å². The molecule has 0 spiro atoms. The number of nitrogens with two attached hydrogens (primary N) is 1. The SMILES string of the molecule is CN(C1=C2CCC(=O)N2OC(=O)ON2C(=O)CCC2=C1)c1ccc2ccccc2c1-c1c(N)ccc2ccccc12. The number of hydrogen-bond acceptors (Lipinski definition) is 7. The van der Waals surface area contributed by atoms with Crippen molar-refractivity contribution in [2.75, 3.05) is 17.7 Å². The molecular formula is C32H26N4O5. The van der Waals surface area contributed by atoms with E-state index in [1.54, 1.807) is 6.08 Å². The third-order valence-electron chi connectivity index (χ3n) is 7.90. The van der Waals surface area contributed by atoms with E-state index < -0.39 is 6.16 Å². The van der Waals surface area contributed by atoms with E-state index in [-0.39, 0.29) is 24.7 Å². The number of likely N-dealkylation sites (N-methyl/N-ethyl adjacent to an activating group) is 1. The number of nitrogens with zero attached hydrogens (tertiary/aromatic N) is 3. The predicted octanol–water partition coefficient (Wildman–Crippen LogP) is 6.02. The fourth-order valence-electron chi connectivity index (χ4n) is 5.95. The van der Waals surface area contributed by atoms with Gasteiger partial charge in [-0.1, -0.05) is 60.7 Å². The topological polar surface area (TPSA) is 105 Å². The molecule has 7 rings (SSSR count). The lowest BCUT2D eigenvalue weighted by Crippen LogP contribution is -2.32. The number of anilines is 2. The third kappa shape index (κ3) is 3.97. The largest absolute Gasteiger partial charge is 0.559 e. The summed E-state index contributed by atoms with van der Waals surface area (Å²) < 4.78 is 0. The summed E-state index contributed by atoms with van der Waals surface area (Å²) in [4.78, 5) is 50.5. The monoisotopic (exact) mass is 546 g/mol. The molecule has 3 aliphatic heterocycles. The van der Waals surface area contributed by atoms with Crippen molar-refractivity contribution < 1.29 is 24.1 Å². The maximum absolute atomic E-state index is 12.8. The Morgan fingerprint density at radius 3 is 2.07 bits per heavy atom. The number of hydrogen-bond donors (Lipinski definition) is 1. The van der Waals surface area contributed by atoms with Crippen LogP contribution in [0.1, 0.15) is 25.7 Å². The molecule has 9 heteroatoms. The molecule has 4 aromatic carbocycles. The summed E-state index contributed by atoms with van der Waals surface area (Å²) in [5.74, 6) is -0.727. The average molecular weight is 547 g/mol. The van der Waals surface area contributed by atoms with Gasteiger partial charge in [0.05, 0.1) is 17.1 Å². The first-order valence-corrected chi connectivity index (χ1v) is 13.4. The van der Waals surface area contributed by atoms with Gasteiger partial charge in [-0.3, -0.25) is 19.3 Å². The van der Waals surface area contributed by atoms with Crippen molar-refractivity contribution >= 4 is 50.9 Å². The molecule has 3 aliphatic rings. The Bertz CT molecular complexity index is 1860. The Morgan fingerprint density at radius 1 is 0.707 bits per heavy atom. The van der Waals surface area contributed by atoms with E-state index in [1.807, 2.05) is 60.5 Å². The predicted molar refractivity (Wildman–Crippen MR) is 155 cm³/mol. The highest BCUT2D eigenvalue weighted by molar-refractivity contribution is 6.13. The van der Waals surface area contributed by atoms with Crippen LogP contribution in [-0.4, -0.2) is 35.1 Å². The van der Waals surface area contributed by atoms with Gasteiger partial charge < -0.3 is 10.6 Å². The normalized spacial score (nSPS) is 17.1.